The maximum atomic E-state index is 13.4. The summed E-state index contributed by atoms with van der Waals surface area (Å²) in [5, 5.41) is 2.95. The smallest absolute Gasteiger partial charge is 0.243 e. The topological polar surface area (TPSA) is 86.8 Å². The molecule has 2 amide bonds. The number of benzene rings is 2. The van der Waals surface area contributed by atoms with Gasteiger partial charge in [-0.15, -0.1) is 0 Å². The van der Waals surface area contributed by atoms with Gasteiger partial charge in [-0.2, -0.15) is 4.31 Å². The first kappa shape index (κ1) is 27.5. The van der Waals surface area contributed by atoms with Gasteiger partial charge in [0.25, 0.3) is 0 Å². The molecule has 8 heteroatoms. The number of nitrogens with zero attached hydrogens (tertiary/aromatic N) is 2. The molecule has 0 aliphatic carbocycles. The van der Waals surface area contributed by atoms with Gasteiger partial charge in [-0.05, 0) is 58.2 Å². The van der Waals surface area contributed by atoms with Crippen molar-refractivity contribution in [1.29, 1.82) is 0 Å². The fraction of sp³-hybridized carbons (Fsp3) is 0.462. The molecule has 0 fully saturated rings. The summed E-state index contributed by atoms with van der Waals surface area (Å²) in [5.41, 5.74) is 1.52. The van der Waals surface area contributed by atoms with Crippen molar-refractivity contribution in [2.45, 2.75) is 63.9 Å². The summed E-state index contributed by atoms with van der Waals surface area (Å²) in [4.78, 5) is 28.1. The highest BCUT2D eigenvalue weighted by Gasteiger charge is 2.32. The summed E-state index contributed by atoms with van der Waals surface area (Å²) in [7, 11) is -2.46. The molecule has 2 aromatic rings. The van der Waals surface area contributed by atoms with Crippen LogP contribution in [0.5, 0.6) is 0 Å². The Hall–Kier alpha value is -2.71. The molecule has 1 unspecified atom stereocenters. The van der Waals surface area contributed by atoms with Crippen molar-refractivity contribution < 1.29 is 18.0 Å². The molecule has 2 rings (SSSR count). The fourth-order valence-corrected chi connectivity index (χ4v) is 4.73. The van der Waals surface area contributed by atoms with E-state index in [-0.39, 0.29) is 17.3 Å². The van der Waals surface area contributed by atoms with Crippen molar-refractivity contribution >= 4 is 21.8 Å². The van der Waals surface area contributed by atoms with Gasteiger partial charge in [-0.25, -0.2) is 8.42 Å². The Morgan fingerprint density at radius 2 is 1.59 bits per heavy atom. The van der Waals surface area contributed by atoms with Gasteiger partial charge in [0.05, 0.1) is 11.4 Å². The Morgan fingerprint density at radius 1 is 1.00 bits per heavy atom. The first-order valence-corrected chi connectivity index (χ1v) is 13.0. The fourth-order valence-electron chi connectivity index (χ4n) is 3.61. The van der Waals surface area contributed by atoms with E-state index in [2.05, 4.69) is 5.32 Å². The molecule has 34 heavy (non-hydrogen) atoms. The minimum Gasteiger partial charge on any atom is -0.350 e. The predicted octanol–water partition coefficient (Wildman–Crippen LogP) is 3.38. The second-order valence-corrected chi connectivity index (χ2v) is 11.6. The molecule has 0 aliphatic heterocycles. The van der Waals surface area contributed by atoms with E-state index in [4.69, 9.17) is 0 Å². The Kier molecular flexibility index (Phi) is 9.41. The van der Waals surface area contributed by atoms with Gasteiger partial charge < -0.3 is 10.2 Å². The minimum atomic E-state index is -3.85. The molecule has 0 radical (unpaired) electrons. The lowest BCUT2D eigenvalue weighted by Crippen LogP contribution is -2.55. The van der Waals surface area contributed by atoms with Crippen LogP contribution in [0.25, 0.3) is 0 Å². The molecule has 7 nitrogen and oxygen atoms in total. The first-order chi connectivity index (χ1) is 15.8. The molecule has 0 aliphatic rings. The van der Waals surface area contributed by atoms with E-state index in [0.29, 0.717) is 19.4 Å². The third kappa shape index (κ3) is 7.67. The van der Waals surface area contributed by atoms with Gasteiger partial charge in [-0.1, -0.05) is 55.0 Å². The zero-order valence-electron chi connectivity index (χ0n) is 21.0. The highest BCUT2D eigenvalue weighted by molar-refractivity contribution is 7.89. The standard InChI is InChI=1S/C26H37N3O4S/c1-7-23(25(31)27-26(3,4)5)29(18-17-21-11-9-8-10-12-21)24(30)19-28(6)34(32,33)22-15-13-20(2)14-16-22/h8-16,23H,7,17-19H2,1-6H3,(H,27,31). The van der Waals surface area contributed by atoms with Crippen LogP contribution in [-0.2, 0) is 26.0 Å². The number of hydrogen-bond donors (Lipinski definition) is 1. The molecular weight excluding hydrogens is 450 g/mol. The monoisotopic (exact) mass is 487 g/mol. The first-order valence-electron chi connectivity index (χ1n) is 11.5. The summed E-state index contributed by atoms with van der Waals surface area (Å²) in [6, 6.07) is 15.5. The SMILES string of the molecule is CCC(C(=O)NC(C)(C)C)N(CCc1ccccc1)C(=O)CN(C)S(=O)(=O)c1ccc(C)cc1. The number of carbonyl (C=O) groups is 2. The van der Waals surface area contributed by atoms with Gasteiger partial charge in [0.15, 0.2) is 0 Å². The Balaban J connectivity index is 2.27. The second-order valence-electron chi connectivity index (χ2n) is 9.56. The van der Waals surface area contributed by atoms with Gasteiger partial charge >= 0.3 is 0 Å². The van der Waals surface area contributed by atoms with E-state index in [0.717, 1.165) is 15.4 Å². The van der Waals surface area contributed by atoms with Crippen molar-refractivity contribution in [3.63, 3.8) is 0 Å². The van der Waals surface area contributed by atoms with Crippen LogP contribution in [0.4, 0.5) is 0 Å². The molecule has 1 atom stereocenters. The molecule has 1 N–H and O–H groups in total. The van der Waals surface area contributed by atoms with Crippen LogP contribution in [-0.4, -0.2) is 61.2 Å². The maximum absolute atomic E-state index is 13.4. The summed E-state index contributed by atoms with van der Waals surface area (Å²) in [6.45, 7) is 9.33. The number of nitrogens with one attached hydrogen (secondary N) is 1. The van der Waals surface area contributed by atoms with Crippen LogP contribution in [0.2, 0.25) is 0 Å². The van der Waals surface area contributed by atoms with Crippen molar-refractivity contribution in [3.05, 3.63) is 65.7 Å². The summed E-state index contributed by atoms with van der Waals surface area (Å²) < 4.78 is 27.1. The lowest BCUT2D eigenvalue weighted by molar-refractivity contribution is -0.141. The third-order valence-corrected chi connectivity index (χ3v) is 7.27. The Bertz CT molecular complexity index is 1060. The maximum Gasteiger partial charge on any atom is 0.243 e. The van der Waals surface area contributed by atoms with Gasteiger partial charge in [0.2, 0.25) is 21.8 Å². The average molecular weight is 488 g/mol. The van der Waals surface area contributed by atoms with Crippen molar-refractivity contribution in [3.8, 4) is 0 Å². The van der Waals surface area contributed by atoms with Gasteiger partial charge in [0, 0.05) is 19.1 Å². The van der Waals surface area contributed by atoms with Crippen LogP contribution in [0, 0.1) is 6.92 Å². The van der Waals surface area contributed by atoms with E-state index >= 15 is 0 Å². The Labute approximate surface area is 204 Å². The van der Waals surface area contributed by atoms with Crippen LogP contribution in [0.3, 0.4) is 0 Å². The second kappa shape index (κ2) is 11.6. The predicted molar refractivity (Wildman–Crippen MR) is 135 cm³/mol. The van der Waals surface area contributed by atoms with E-state index < -0.39 is 27.5 Å². The molecule has 0 saturated heterocycles. The number of hydrogen-bond acceptors (Lipinski definition) is 4. The van der Waals surface area contributed by atoms with E-state index in [9.17, 15) is 18.0 Å². The molecule has 0 saturated carbocycles. The minimum absolute atomic E-state index is 0.127. The van der Waals surface area contributed by atoms with E-state index in [1.165, 1.54) is 24.1 Å². The van der Waals surface area contributed by atoms with Gasteiger partial charge in [-0.3, -0.25) is 9.59 Å². The van der Waals surface area contributed by atoms with Crippen LogP contribution >= 0.6 is 0 Å². The molecule has 0 heterocycles. The Morgan fingerprint density at radius 3 is 2.12 bits per heavy atom. The number of amides is 2. The lowest BCUT2D eigenvalue weighted by Gasteiger charge is -2.34. The van der Waals surface area contributed by atoms with Crippen LogP contribution in [0.1, 0.15) is 45.2 Å². The summed E-state index contributed by atoms with van der Waals surface area (Å²) in [5.74, 6) is -0.662. The molecule has 0 spiro atoms. The number of aryl methyl sites for hydroxylation is 1. The summed E-state index contributed by atoms with van der Waals surface area (Å²) >= 11 is 0. The normalized spacial score (nSPS) is 12.9. The number of rotatable bonds is 10. The zero-order chi connectivity index (χ0) is 25.5. The van der Waals surface area contributed by atoms with Crippen molar-refractivity contribution in [1.82, 2.24) is 14.5 Å². The van der Waals surface area contributed by atoms with E-state index in [1.54, 1.807) is 12.1 Å². The molecule has 0 bridgehead atoms. The van der Waals surface area contributed by atoms with Crippen molar-refractivity contribution in [2.24, 2.45) is 0 Å². The largest absolute Gasteiger partial charge is 0.350 e. The van der Waals surface area contributed by atoms with E-state index in [1.807, 2.05) is 65.0 Å². The highest BCUT2D eigenvalue weighted by atomic mass is 32.2. The molecule has 0 aromatic heterocycles. The van der Waals surface area contributed by atoms with Crippen LogP contribution < -0.4 is 5.32 Å². The number of carbonyl (C=O) groups excluding carboxylic acids is 2. The molecule has 2 aromatic carbocycles. The lowest BCUT2D eigenvalue weighted by atomic mass is 10.1. The molecular formula is C26H37N3O4S. The van der Waals surface area contributed by atoms with Crippen LogP contribution in [0.15, 0.2) is 59.5 Å². The average Bonchev–Trinajstić information content (AvgIpc) is 2.76. The van der Waals surface area contributed by atoms with Gasteiger partial charge in [0.1, 0.15) is 6.04 Å². The highest BCUT2D eigenvalue weighted by Crippen LogP contribution is 2.17. The quantitative estimate of drug-likeness (QED) is 0.557. The number of sulfonamides is 1. The molecule has 186 valence electrons. The summed E-state index contributed by atoms with van der Waals surface area (Å²) in [6.07, 6.45) is 0.969. The zero-order valence-corrected chi connectivity index (χ0v) is 21.9. The third-order valence-electron chi connectivity index (χ3n) is 5.46. The number of likely N-dealkylation sites (N-methyl/N-ethyl adjacent to an activating group) is 1. The van der Waals surface area contributed by atoms with Crippen molar-refractivity contribution in [2.75, 3.05) is 20.1 Å².